The number of rotatable bonds is 7. The van der Waals surface area contributed by atoms with Crippen molar-refractivity contribution in [3.8, 4) is 24.2 Å². The number of hydrazine groups is 1. The van der Waals surface area contributed by atoms with Crippen molar-refractivity contribution in [2.24, 2.45) is 0 Å². The Bertz CT molecular complexity index is 1960. The number of hydrogen-bond donors (Lipinski definition) is 2. The van der Waals surface area contributed by atoms with Crippen molar-refractivity contribution in [2.75, 3.05) is 32.4 Å². The number of nitrogens with two attached hydrogens (primary N) is 1. The SMILES string of the molecule is C#CCN(C(=O)NC)N1CC(=O)N2[C@@H](Cc3ccc(C#CC(=O)c4ccccc4)cc3)C(=O)N(Cc3cccc4sc(N)nc34)C[C@@H]21. The van der Waals surface area contributed by atoms with E-state index in [-0.39, 0.29) is 50.2 Å². The molecule has 2 saturated heterocycles. The molecule has 2 atom stereocenters. The molecule has 11 nitrogen and oxygen atoms in total. The molecule has 3 heterocycles. The molecule has 4 amide bonds. The third-order valence-corrected chi connectivity index (χ3v) is 9.04. The minimum absolute atomic E-state index is 0.0530. The Kier molecular flexibility index (Phi) is 8.89. The molecule has 236 valence electrons. The molecule has 2 aliphatic rings. The Hall–Kier alpha value is -5.69. The first kappa shape index (κ1) is 31.3. The molecule has 0 aliphatic carbocycles. The first-order valence-corrected chi connectivity index (χ1v) is 15.7. The van der Waals surface area contributed by atoms with Gasteiger partial charge in [0.2, 0.25) is 17.6 Å². The molecule has 0 radical (unpaired) electrons. The monoisotopic (exact) mass is 645 g/mol. The standard InChI is InChI=1S/C35H31N7O4S/c1-3-18-40(35(46)37-2)41-22-31(44)42-27(19-24-14-12-23(13-15-24)16-17-28(43)25-8-5-4-6-9-25)33(45)39(21-30(41)42)20-26-10-7-11-29-32(26)38-34(36)47-29/h1,4-15,27,30H,18-22H2,2H3,(H2,36,38)(H,37,46)/t27-,30+/m0/s1. The van der Waals surface area contributed by atoms with Crippen LogP contribution in [0.4, 0.5) is 9.93 Å². The van der Waals surface area contributed by atoms with Crippen molar-refractivity contribution < 1.29 is 19.2 Å². The summed E-state index contributed by atoms with van der Waals surface area (Å²) in [7, 11) is 1.49. The number of nitrogen functional groups attached to an aromatic ring is 1. The molecule has 3 aromatic carbocycles. The highest BCUT2D eigenvalue weighted by Crippen LogP contribution is 2.32. The summed E-state index contributed by atoms with van der Waals surface area (Å²) in [5.41, 5.74) is 9.51. The second kappa shape index (κ2) is 13.3. The zero-order chi connectivity index (χ0) is 33.1. The van der Waals surface area contributed by atoms with Gasteiger partial charge in [-0.15, -0.1) is 6.42 Å². The van der Waals surface area contributed by atoms with Crippen LogP contribution in [0.15, 0.2) is 72.8 Å². The number of Topliss-reactive ketones (excluding diaryl/α,β-unsaturated/α-hetero) is 1. The fraction of sp³-hybridized carbons (Fsp3) is 0.229. The predicted molar refractivity (Wildman–Crippen MR) is 178 cm³/mol. The van der Waals surface area contributed by atoms with Crippen LogP contribution in [0.2, 0.25) is 0 Å². The van der Waals surface area contributed by atoms with Gasteiger partial charge in [0.1, 0.15) is 12.2 Å². The summed E-state index contributed by atoms with van der Waals surface area (Å²) in [6.07, 6.45) is 5.19. The molecule has 2 aliphatic heterocycles. The van der Waals surface area contributed by atoms with Gasteiger partial charge < -0.3 is 20.9 Å². The molecule has 12 heteroatoms. The number of nitrogens with one attached hydrogen (secondary N) is 1. The molecule has 6 rings (SSSR count). The highest BCUT2D eigenvalue weighted by atomic mass is 32.1. The first-order valence-electron chi connectivity index (χ1n) is 14.9. The largest absolute Gasteiger partial charge is 0.375 e. The summed E-state index contributed by atoms with van der Waals surface area (Å²) < 4.78 is 0.911. The Labute approximate surface area is 275 Å². The molecule has 4 aromatic rings. The maximum atomic E-state index is 14.2. The van der Waals surface area contributed by atoms with E-state index in [1.54, 1.807) is 51.2 Å². The van der Waals surface area contributed by atoms with Crippen LogP contribution in [-0.4, -0.2) is 87.3 Å². The van der Waals surface area contributed by atoms with Crippen LogP contribution < -0.4 is 11.1 Å². The number of amides is 4. The van der Waals surface area contributed by atoms with E-state index in [1.165, 1.54) is 23.4 Å². The molecule has 0 spiro atoms. The number of urea groups is 1. The fourth-order valence-electron chi connectivity index (χ4n) is 5.98. The topological polar surface area (TPSA) is 132 Å². The number of carbonyl (C=O) groups excluding carboxylic acids is 4. The highest BCUT2D eigenvalue weighted by Gasteiger charge is 2.52. The summed E-state index contributed by atoms with van der Waals surface area (Å²) in [6, 6.07) is 20.5. The molecule has 0 unspecified atom stereocenters. The molecule has 3 N–H and O–H groups in total. The zero-order valence-electron chi connectivity index (χ0n) is 25.6. The van der Waals surface area contributed by atoms with E-state index in [0.717, 1.165) is 21.3 Å². The van der Waals surface area contributed by atoms with Gasteiger partial charge >= 0.3 is 6.03 Å². The van der Waals surface area contributed by atoms with Gasteiger partial charge in [0.05, 0.1) is 29.9 Å². The second-order valence-electron chi connectivity index (χ2n) is 11.1. The summed E-state index contributed by atoms with van der Waals surface area (Å²) >= 11 is 1.37. The average molecular weight is 646 g/mol. The summed E-state index contributed by atoms with van der Waals surface area (Å²) in [5.74, 6) is 7.28. The lowest BCUT2D eigenvalue weighted by molar-refractivity contribution is -0.157. The van der Waals surface area contributed by atoms with Crippen LogP contribution in [-0.2, 0) is 22.6 Å². The lowest BCUT2D eigenvalue weighted by Gasteiger charge is -2.46. The van der Waals surface area contributed by atoms with E-state index in [4.69, 9.17) is 12.2 Å². The van der Waals surface area contributed by atoms with Crippen LogP contribution in [0.3, 0.4) is 0 Å². The minimum atomic E-state index is -0.847. The first-order chi connectivity index (χ1) is 22.8. The number of terminal acetylenes is 1. The zero-order valence-corrected chi connectivity index (χ0v) is 26.4. The van der Waals surface area contributed by atoms with Crippen molar-refractivity contribution in [1.82, 2.24) is 30.1 Å². The number of carbonyl (C=O) groups is 4. The number of thiazole rings is 1. The number of piperazine rings is 1. The Balaban J connectivity index is 1.30. The van der Waals surface area contributed by atoms with Crippen LogP contribution in [0.25, 0.3) is 10.2 Å². The van der Waals surface area contributed by atoms with Gasteiger partial charge in [-0.25, -0.2) is 14.8 Å². The summed E-state index contributed by atoms with van der Waals surface area (Å²) in [5, 5.41) is 5.99. The van der Waals surface area contributed by atoms with Crippen molar-refractivity contribution in [1.29, 1.82) is 0 Å². The van der Waals surface area contributed by atoms with E-state index in [9.17, 15) is 19.2 Å². The number of aromatic nitrogens is 1. The molecule has 2 fully saturated rings. The number of anilines is 1. The number of nitrogens with zero attached hydrogens (tertiary/aromatic N) is 5. The number of hydrogen-bond acceptors (Lipinski definition) is 8. The normalized spacial score (nSPS) is 17.5. The molecular formula is C35H31N7O4S. The molecule has 1 aromatic heterocycles. The van der Waals surface area contributed by atoms with Crippen molar-refractivity contribution in [3.63, 3.8) is 0 Å². The number of ketones is 1. The van der Waals surface area contributed by atoms with Crippen LogP contribution in [0, 0.1) is 24.2 Å². The van der Waals surface area contributed by atoms with Gasteiger partial charge in [-0.1, -0.05) is 77.8 Å². The van der Waals surface area contributed by atoms with Gasteiger partial charge in [0.25, 0.3) is 0 Å². The Morgan fingerprint density at radius 3 is 2.57 bits per heavy atom. The predicted octanol–water partition coefficient (Wildman–Crippen LogP) is 2.73. The van der Waals surface area contributed by atoms with E-state index < -0.39 is 18.2 Å². The number of fused-ring (bicyclic) bond motifs is 2. The fourth-order valence-corrected chi connectivity index (χ4v) is 6.76. The van der Waals surface area contributed by atoms with E-state index in [1.807, 2.05) is 36.4 Å². The van der Waals surface area contributed by atoms with Crippen molar-refractivity contribution >= 4 is 50.3 Å². The molecule has 0 saturated carbocycles. The highest BCUT2D eigenvalue weighted by molar-refractivity contribution is 7.22. The average Bonchev–Trinajstić information content (AvgIpc) is 3.63. The van der Waals surface area contributed by atoms with Crippen LogP contribution >= 0.6 is 11.3 Å². The third kappa shape index (κ3) is 6.38. The van der Waals surface area contributed by atoms with E-state index in [2.05, 4.69) is 28.1 Å². The van der Waals surface area contributed by atoms with Crippen molar-refractivity contribution in [3.05, 3.63) is 95.1 Å². The van der Waals surface area contributed by atoms with E-state index in [0.29, 0.717) is 16.3 Å². The molecular weight excluding hydrogens is 614 g/mol. The van der Waals surface area contributed by atoms with Gasteiger partial charge in [-0.05, 0) is 35.2 Å². The van der Waals surface area contributed by atoms with Crippen LogP contribution in [0.5, 0.6) is 0 Å². The number of para-hydroxylation sites is 1. The maximum absolute atomic E-state index is 14.2. The second-order valence-corrected chi connectivity index (χ2v) is 12.2. The van der Waals surface area contributed by atoms with Gasteiger partial charge in [-0.2, -0.15) is 5.01 Å². The number of benzene rings is 3. The van der Waals surface area contributed by atoms with E-state index >= 15 is 0 Å². The summed E-state index contributed by atoms with van der Waals surface area (Å²) in [6.45, 7) is 0.225. The maximum Gasteiger partial charge on any atom is 0.332 e. The third-order valence-electron chi connectivity index (χ3n) is 8.19. The Morgan fingerprint density at radius 2 is 1.85 bits per heavy atom. The van der Waals surface area contributed by atoms with Gasteiger partial charge in [0.15, 0.2) is 5.13 Å². The van der Waals surface area contributed by atoms with Gasteiger partial charge in [0, 0.05) is 31.1 Å². The quantitative estimate of drug-likeness (QED) is 0.233. The smallest absolute Gasteiger partial charge is 0.332 e. The van der Waals surface area contributed by atoms with Crippen LogP contribution in [0.1, 0.15) is 27.0 Å². The molecule has 0 bridgehead atoms. The molecule has 47 heavy (non-hydrogen) atoms. The minimum Gasteiger partial charge on any atom is -0.375 e. The lowest BCUT2D eigenvalue weighted by atomic mass is 9.99. The Morgan fingerprint density at radius 1 is 1.09 bits per heavy atom. The van der Waals surface area contributed by atoms with Gasteiger partial charge in [-0.3, -0.25) is 14.4 Å². The summed E-state index contributed by atoms with van der Waals surface area (Å²) in [4.78, 5) is 60.8. The van der Waals surface area contributed by atoms with Crippen molar-refractivity contribution in [2.45, 2.75) is 25.2 Å². The lowest BCUT2D eigenvalue weighted by Crippen LogP contribution is -2.66.